The van der Waals surface area contributed by atoms with E-state index >= 15 is 0 Å². The highest BCUT2D eigenvalue weighted by Crippen LogP contribution is 2.22. The van der Waals surface area contributed by atoms with Crippen LogP contribution in [0.1, 0.15) is 89.5 Å². The summed E-state index contributed by atoms with van der Waals surface area (Å²) in [6.07, 6.45) is 17.9. The molecule has 0 aliphatic carbocycles. The summed E-state index contributed by atoms with van der Waals surface area (Å²) in [7, 11) is 1.64. The molecule has 0 spiro atoms. The second-order valence-corrected chi connectivity index (χ2v) is 8.01. The smallest absolute Gasteiger partial charge is 0.240 e. The van der Waals surface area contributed by atoms with Crippen molar-refractivity contribution in [1.82, 2.24) is 15.6 Å². The van der Waals surface area contributed by atoms with Crippen LogP contribution in [0.3, 0.4) is 0 Å². The molecule has 0 saturated carbocycles. The van der Waals surface area contributed by atoms with Crippen molar-refractivity contribution in [3.63, 3.8) is 0 Å². The monoisotopic (exact) mass is 426 g/mol. The fraction of sp³-hybridized carbons (Fsp3) is 0.560. The molecular formula is C25H38N4O2. The Labute approximate surface area is 186 Å². The molecule has 0 bridgehead atoms. The molecule has 0 atom stereocenters. The predicted octanol–water partition coefficient (Wildman–Crippen LogP) is 6.24. The second kappa shape index (κ2) is 15.2. The maximum absolute atomic E-state index is 12.0. The van der Waals surface area contributed by atoms with Gasteiger partial charge in [-0.15, -0.1) is 0 Å². The summed E-state index contributed by atoms with van der Waals surface area (Å²) in [4.78, 5) is 12.0. The Morgan fingerprint density at radius 3 is 2.23 bits per heavy atom. The highest BCUT2D eigenvalue weighted by molar-refractivity contribution is 5.89. The number of hydrazone groups is 1. The van der Waals surface area contributed by atoms with Crippen molar-refractivity contribution in [3.05, 3.63) is 36.0 Å². The van der Waals surface area contributed by atoms with E-state index in [0.717, 1.165) is 35.4 Å². The quantitative estimate of drug-likeness (QED) is 0.189. The summed E-state index contributed by atoms with van der Waals surface area (Å²) in [6.45, 7) is 2.26. The molecule has 0 fully saturated rings. The van der Waals surface area contributed by atoms with E-state index < -0.39 is 0 Å². The Kier molecular flexibility index (Phi) is 12.1. The summed E-state index contributed by atoms with van der Waals surface area (Å²) in [5.74, 6) is 0.759. The molecule has 0 unspecified atom stereocenters. The third kappa shape index (κ3) is 9.81. The van der Waals surface area contributed by atoms with Gasteiger partial charge in [-0.25, -0.2) is 5.43 Å². The first kappa shape index (κ1) is 24.6. The fourth-order valence-electron chi connectivity index (χ4n) is 3.56. The molecule has 1 aromatic heterocycles. The minimum absolute atomic E-state index is 0.0401. The van der Waals surface area contributed by atoms with Crippen LogP contribution in [-0.4, -0.2) is 29.4 Å². The first-order chi connectivity index (χ1) is 15.2. The van der Waals surface area contributed by atoms with E-state index in [0.29, 0.717) is 6.42 Å². The number of hydrogen-bond acceptors (Lipinski definition) is 4. The van der Waals surface area contributed by atoms with Crippen molar-refractivity contribution in [1.29, 1.82) is 0 Å². The summed E-state index contributed by atoms with van der Waals surface area (Å²) in [5, 5.41) is 11.2. The number of carbonyl (C=O) groups excluding carboxylic acids is 1. The molecule has 2 aromatic rings. The molecular weight excluding hydrogens is 388 g/mol. The molecule has 0 aliphatic rings. The van der Waals surface area contributed by atoms with Crippen LogP contribution >= 0.6 is 0 Å². The van der Waals surface area contributed by atoms with Gasteiger partial charge in [-0.05, 0) is 30.7 Å². The number of amides is 1. The number of aromatic nitrogens is 2. The van der Waals surface area contributed by atoms with E-state index in [1.165, 1.54) is 57.8 Å². The minimum atomic E-state index is -0.0401. The first-order valence-corrected chi connectivity index (χ1v) is 11.7. The zero-order valence-electron chi connectivity index (χ0n) is 19.2. The van der Waals surface area contributed by atoms with Gasteiger partial charge in [0.15, 0.2) is 0 Å². The van der Waals surface area contributed by atoms with Crippen LogP contribution in [0.4, 0.5) is 0 Å². The van der Waals surface area contributed by atoms with Crippen molar-refractivity contribution >= 4 is 12.1 Å². The third-order valence-electron chi connectivity index (χ3n) is 5.45. The van der Waals surface area contributed by atoms with Crippen LogP contribution in [0.15, 0.2) is 35.6 Å². The Hall–Kier alpha value is -2.63. The lowest BCUT2D eigenvalue weighted by molar-refractivity contribution is -0.121. The van der Waals surface area contributed by atoms with Crippen LogP contribution in [-0.2, 0) is 4.79 Å². The van der Waals surface area contributed by atoms with E-state index in [4.69, 9.17) is 4.74 Å². The van der Waals surface area contributed by atoms with E-state index in [-0.39, 0.29) is 5.91 Å². The van der Waals surface area contributed by atoms with Crippen molar-refractivity contribution in [2.75, 3.05) is 7.11 Å². The number of hydrogen-bond donors (Lipinski definition) is 2. The largest absolute Gasteiger partial charge is 0.497 e. The lowest BCUT2D eigenvalue weighted by Gasteiger charge is -2.03. The number of benzene rings is 1. The van der Waals surface area contributed by atoms with Crippen LogP contribution < -0.4 is 10.2 Å². The number of nitrogens with one attached hydrogen (secondary N) is 2. The van der Waals surface area contributed by atoms with E-state index in [1.54, 1.807) is 19.5 Å². The van der Waals surface area contributed by atoms with E-state index in [9.17, 15) is 4.79 Å². The first-order valence-electron chi connectivity index (χ1n) is 11.7. The number of unbranched alkanes of at least 4 members (excludes halogenated alkanes) is 10. The van der Waals surface area contributed by atoms with Crippen molar-refractivity contribution in [2.45, 2.75) is 84.0 Å². The Morgan fingerprint density at radius 1 is 1.00 bits per heavy atom. The maximum atomic E-state index is 12.0. The summed E-state index contributed by atoms with van der Waals surface area (Å²) in [5.41, 5.74) is 5.27. The average Bonchev–Trinajstić information content (AvgIpc) is 3.26. The third-order valence-corrected chi connectivity index (χ3v) is 5.45. The molecule has 0 radical (unpaired) electrons. The molecule has 1 heterocycles. The van der Waals surface area contributed by atoms with Crippen molar-refractivity contribution in [2.24, 2.45) is 5.10 Å². The van der Waals surface area contributed by atoms with Gasteiger partial charge in [0.25, 0.3) is 0 Å². The minimum Gasteiger partial charge on any atom is -0.497 e. The van der Waals surface area contributed by atoms with Crippen LogP contribution in [0.2, 0.25) is 0 Å². The van der Waals surface area contributed by atoms with Gasteiger partial charge in [0.1, 0.15) is 5.75 Å². The number of methoxy groups -OCH3 is 1. The normalized spacial score (nSPS) is 11.2. The highest BCUT2D eigenvalue weighted by atomic mass is 16.5. The molecule has 1 aromatic carbocycles. The van der Waals surface area contributed by atoms with Crippen LogP contribution in [0.5, 0.6) is 5.75 Å². The van der Waals surface area contributed by atoms with Gasteiger partial charge < -0.3 is 4.74 Å². The van der Waals surface area contributed by atoms with Crippen molar-refractivity contribution in [3.8, 4) is 17.0 Å². The second-order valence-electron chi connectivity index (χ2n) is 8.01. The molecule has 2 N–H and O–H groups in total. The molecule has 0 aliphatic heterocycles. The number of H-pyrrole nitrogens is 1. The zero-order chi connectivity index (χ0) is 22.2. The highest BCUT2D eigenvalue weighted by Gasteiger charge is 2.06. The fourth-order valence-corrected chi connectivity index (χ4v) is 3.56. The summed E-state index contributed by atoms with van der Waals surface area (Å²) >= 11 is 0. The lowest BCUT2D eigenvalue weighted by atomic mass is 10.1. The van der Waals surface area contributed by atoms with Gasteiger partial charge in [-0.1, -0.05) is 71.1 Å². The molecule has 0 saturated heterocycles. The predicted molar refractivity (Wildman–Crippen MR) is 127 cm³/mol. The standard InChI is InChI=1S/C25H38N4O2/c1-3-4-5-6-7-8-9-10-11-12-13-14-24(30)28-26-19-22-20-27-29-25(22)21-15-17-23(31-2)18-16-21/h15-20H,3-14H2,1-2H3,(H,27,29)(H,28,30)/b26-19-. The topological polar surface area (TPSA) is 79.4 Å². The van der Waals surface area contributed by atoms with Gasteiger partial charge >= 0.3 is 0 Å². The number of carbonyl (C=O) groups is 1. The Balaban J connectivity index is 1.58. The van der Waals surface area contributed by atoms with Gasteiger partial charge in [-0.2, -0.15) is 10.2 Å². The van der Waals surface area contributed by atoms with Gasteiger partial charge in [0.05, 0.1) is 25.2 Å². The molecule has 31 heavy (non-hydrogen) atoms. The van der Waals surface area contributed by atoms with E-state index in [2.05, 4.69) is 27.6 Å². The Bertz CT molecular complexity index is 768. The number of nitrogens with zero attached hydrogens (tertiary/aromatic N) is 2. The van der Waals surface area contributed by atoms with Crippen LogP contribution in [0, 0.1) is 0 Å². The molecule has 1 amide bonds. The SMILES string of the molecule is CCCCCCCCCCCCCC(=O)N/N=C\c1cn[nH]c1-c1ccc(OC)cc1. The van der Waals surface area contributed by atoms with E-state index in [1.807, 2.05) is 24.3 Å². The molecule has 2 rings (SSSR count). The van der Waals surface area contributed by atoms with Crippen LogP contribution in [0.25, 0.3) is 11.3 Å². The van der Waals surface area contributed by atoms with Gasteiger partial charge in [0, 0.05) is 17.5 Å². The zero-order valence-corrected chi connectivity index (χ0v) is 19.2. The molecule has 6 nitrogen and oxygen atoms in total. The Morgan fingerprint density at radius 2 is 1.61 bits per heavy atom. The summed E-state index contributed by atoms with van der Waals surface area (Å²) in [6, 6.07) is 7.70. The van der Waals surface area contributed by atoms with Gasteiger partial charge in [-0.3, -0.25) is 9.89 Å². The molecule has 6 heteroatoms. The number of aromatic amines is 1. The van der Waals surface area contributed by atoms with Gasteiger partial charge in [0.2, 0.25) is 5.91 Å². The number of rotatable bonds is 16. The maximum Gasteiger partial charge on any atom is 0.240 e. The summed E-state index contributed by atoms with van der Waals surface area (Å²) < 4.78 is 5.19. The van der Waals surface area contributed by atoms with Crippen molar-refractivity contribution < 1.29 is 9.53 Å². The molecule has 170 valence electrons. The average molecular weight is 427 g/mol. The number of ether oxygens (including phenoxy) is 1. The lowest BCUT2D eigenvalue weighted by Crippen LogP contribution is -2.16.